The van der Waals surface area contributed by atoms with Crippen LogP contribution in [0.4, 0.5) is 5.82 Å². The Morgan fingerprint density at radius 2 is 2.25 bits per heavy atom. The second kappa shape index (κ2) is 5.88. The van der Waals surface area contributed by atoms with Gasteiger partial charge in [0, 0.05) is 23.6 Å². The summed E-state index contributed by atoms with van der Waals surface area (Å²) in [5.74, 6) is 2.14. The summed E-state index contributed by atoms with van der Waals surface area (Å²) in [5, 5.41) is 9.46. The number of rotatable bonds is 4. The van der Waals surface area contributed by atoms with Crippen molar-refractivity contribution in [3.8, 4) is 5.69 Å². The molecule has 3 nitrogen and oxygen atoms in total. The minimum absolute atomic E-state index is 0.657. The molecule has 0 atom stereocenters. The monoisotopic (exact) mass is 327 g/mol. The Morgan fingerprint density at radius 1 is 1.40 bits per heavy atom. The maximum absolute atomic E-state index is 6.29. The maximum Gasteiger partial charge on any atom is 0.133 e. The van der Waals surface area contributed by atoms with Crippen molar-refractivity contribution in [2.75, 3.05) is 23.9 Å². The van der Waals surface area contributed by atoms with Crippen molar-refractivity contribution in [2.24, 2.45) is 0 Å². The van der Waals surface area contributed by atoms with Crippen LogP contribution in [-0.4, -0.2) is 28.3 Å². The summed E-state index contributed by atoms with van der Waals surface area (Å²) in [4.78, 5) is 0. The highest BCUT2D eigenvalue weighted by Gasteiger charge is 2.23. The van der Waals surface area contributed by atoms with Crippen molar-refractivity contribution < 1.29 is 0 Å². The van der Waals surface area contributed by atoms with Crippen LogP contribution in [0.15, 0.2) is 18.2 Å². The van der Waals surface area contributed by atoms with Crippen LogP contribution in [0, 0.1) is 0 Å². The van der Waals surface area contributed by atoms with Crippen molar-refractivity contribution in [1.29, 1.82) is 0 Å². The van der Waals surface area contributed by atoms with Crippen molar-refractivity contribution in [3.05, 3.63) is 39.5 Å². The van der Waals surface area contributed by atoms with Gasteiger partial charge in [0.1, 0.15) is 5.82 Å². The number of hydrogen-bond acceptors (Lipinski definition) is 3. The van der Waals surface area contributed by atoms with E-state index in [9.17, 15) is 0 Å². The van der Waals surface area contributed by atoms with E-state index in [1.807, 2.05) is 28.6 Å². The first-order valence-electron chi connectivity index (χ1n) is 6.49. The molecule has 0 amide bonds. The number of hydrogen-bond donors (Lipinski definition) is 1. The third-order valence-corrected chi connectivity index (χ3v) is 4.58. The standard InChI is InChI=1S/C14H15Cl2N3S/c1-20-7-5-12-10-4-6-17-14(10)19(18-12)13-8-9(15)2-3-11(13)16/h2-3,8,17H,4-7H2,1H3. The Kier molecular flexibility index (Phi) is 4.15. The van der Waals surface area contributed by atoms with Gasteiger partial charge < -0.3 is 5.32 Å². The van der Waals surface area contributed by atoms with E-state index >= 15 is 0 Å². The van der Waals surface area contributed by atoms with Crippen molar-refractivity contribution >= 4 is 40.8 Å². The maximum atomic E-state index is 6.29. The number of aryl methyl sites for hydroxylation is 1. The van der Waals surface area contributed by atoms with E-state index in [4.69, 9.17) is 28.3 Å². The highest BCUT2D eigenvalue weighted by Crippen LogP contribution is 2.33. The van der Waals surface area contributed by atoms with Crippen LogP contribution in [-0.2, 0) is 12.8 Å². The van der Waals surface area contributed by atoms with E-state index in [0.29, 0.717) is 10.0 Å². The molecule has 2 aromatic rings. The Balaban J connectivity index is 2.07. The number of nitrogens with zero attached hydrogens (tertiary/aromatic N) is 2. The largest absolute Gasteiger partial charge is 0.369 e. The average Bonchev–Trinajstić information content (AvgIpc) is 3.02. The van der Waals surface area contributed by atoms with E-state index in [0.717, 1.165) is 42.3 Å². The first-order chi connectivity index (χ1) is 9.70. The van der Waals surface area contributed by atoms with Crippen LogP contribution in [0.5, 0.6) is 0 Å². The number of thioether (sulfide) groups is 1. The average molecular weight is 328 g/mol. The van der Waals surface area contributed by atoms with Gasteiger partial charge in [0.05, 0.1) is 16.4 Å². The lowest BCUT2D eigenvalue weighted by Gasteiger charge is -2.08. The molecule has 1 aliphatic heterocycles. The zero-order chi connectivity index (χ0) is 14.1. The van der Waals surface area contributed by atoms with Crippen LogP contribution in [0.1, 0.15) is 11.3 Å². The highest BCUT2D eigenvalue weighted by molar-refractivity contribution is 7.98. The van der Waals surface area contributed by atoms with Crippen LogP contribution >= 0.6 is 35.0 Å². The summed E-state index contributed by atoms with van der Waals surface area (Å²) in [6.45, 7) is 0.956. The van der Waals surface area contributed by atoms with Gasteiger partial charge in [0.25, 0.3) is 0 Å². The molecule has 106 valence electrons. The summed E-state index contributed by atoms with van der Waals surface area (Å²) in [5.41, 5.74) is 3.31. The van der Waals surface area contributed by atoms with E-state index < -0.39 is 0 Å². The Hall–Kier alpha value is -0.840. The molecule has 0 saturated heterocycles. The van der Waals surface area contributed by atoms with Crippen molar-refractivity contribution in [2.45, 2.75) is 12.8 Å². The van der Waals surface area contributed by atoms with E-state index in [2.05, 4.69) is 11.6 Å². The Labute approximate surface area is 132 Å². The van der Waals surface area contributed by atoms with Gasteiger partial charge in [0.2, 0.25) is 0 Å². The van der Waals surface area contributed by atoms with Gasteiger partial charge in [-0.05, 0) is 36.6 Å². The number of benzene rings is 1. The molecular weight excluding hydrogens is 313 g/mol. The molecule has 0 radical (unpaired) electrons. The van der Waals surface area contributed by atoms with Crippen LogP contribution in [0.25, 0.3) is 5.69 Å². The Bertz CT molecular complexity index is 640. The molecule has 0 aliphatic carbocycles. The molecule has 1 aliphatic rings. The van der Waals surface area contributed by atoms with E-state index in [1.165, 1.54) is 5.56 Å². The smallest absolute Gasteiger partial charge is 0.133 e. The lowest BCUT2D eigenvalue weighted by molar-refractivity contribution is 0.834. The SMILES string of the molecule is CSCCc1nn(-c2cc(Cl)ccc2Cl)c2c1CCN2. The second-order valence-corrected chi connectivity index (χ2v) is 6.53. The van der Waals surface area contributed by atoms with Crippen LogP contribution < -0.4 is 5.32 Å². The fraction of sp³-hybridized carbons (Fsp3) is 0.357. The lowest BCUT2D eigenvalue weighted by atomic mass is 10.2. The molecule has 3 rings (SSSR count). The zero-order valence-corrected chi connectivity index (χ0v) is 13.4. The van der Waals surface area contributed by atoms with E-state index in [-0.39, 0.29) is 0 Å². The second-order valence-electron chi connectivity index (χ2n) is 4.70. The van der Waals surface area contributed by atoms with Crippen molar-refractivity contribution in [3.63, 3.8) is 0 Å². The minimum atomic E-state index is 0.657. The minimum Gasteiger partial charge on any atom is -0.369 e. The molecule has 0 unspecified atom stereocenters. The van der Waals surface area contributed by atoms with Gasteiger partial charge in [0.15, 0.2) is 0 Å². The number of fused-ring (bicyclic) bond motifs is 1. The third-order valence-electron chi connectivity index (χ3n) is 3.41. The van der Waals surface area contributed by atoms with E-state index in [1.54, 1.807) is 6.07 Å². The topological polar surface area (TPSA) is 29.9 Å². The molecule has 0 fully saturated rings. The number of aromatic nitrogens is 2. The quantitative estimate of drug-likeness (QED) is 0.918. The number of halogens is 2. The third kappa shape index (κ3) is 2.52. The highest BCUT2D eigenvalue weighted by atomic mass is 35.5. The molecule has 20 heavy (non-hydrogen) atoms. The van der Waals surface area contributed by atoms with Crippen LogP contribution in [0.3, 0.4) is 0 Å². The predicted octanol–water partition coefficient (Wildman–Crippen LogP) is 4.05. The first-order valence-corrected chi connectivity index (χ1v) is 8.64. The summed E-state index contributed by atoms with van der Waals surface area (Å²) in [6, 6.07) is 5.46. The van der Waals surface area contributed by atoms with Crippen molar-refractivity contribution in [1.82, 2.24) is 9.78 Å². The summed E-state index contributed by atoms with van der Waals surface area (Å²) in [6.07, 6.45) is 4.12. The summed E-state index contributed by atoms with van der Waals surface area (Å²) >= 11 is 14.2. The van der Waals surface area contributed by atoms with Gasteiger partial charge >= 0.3 is 0 Å². The van der Waals surface area contributed by atoms with Gasteiger partial charge in [-0.25, -0.2) is 4.68 Å². The Morgan fingerprint density at radius 3 is 3.05 bits per heavy atom. The molecular formula is C14H15Cl2N3S. The number of anilines is 1. The molecule has 6 heteroatoms. The molecule has 0 spiro atoms. The fourth-order valence-electron chi connectivity index (χ4n) is 2.47. The molecule has 2 heterocycles. The van der Waals surface area contributed by atoms with Gasteiger partial charge in [-0.3, -0.25) is 0 Å². The van der Waals surface area contributed by atoms with Gasteiger partial charge in [-0.1, -0.05) is 23.2 Å². The van der Waals surface area contributed by atoms with Gasteiger partial charge in [-0.2, -0.15) is 16.9 Å². The molecule has 1 aromatic heterocycles. The summed E-state index contributed by atoms with van der Waals surface area (Å²) in [7, 11) is 0. The fourth-order valence-corrected chi connectivity index (χ4v) is 3.23. The predicted molar refractivity (Wildman–Crippen MR) is 87.9 cm³/mol. The zero-order valence-electron chi connectivity index (χ0n) is 11.1. The lowest BCUT2D eigenvalue weighted by Crippen LogP contribution is -2.05. The van der Waals surface area contributed by atoms with Gasteiger partial charge in [-0.15, -0.1) is 0 Å². The molecule has 0 saturated carbocycles. The first kappa shape index (κ1) is 14.1. The van der Waals surface area contributed by atoms with Crippen LogP contribution in [0.2, 0.25) is 10.0 Å². The normalized spacial score (nSPS) is 13.3. The summed E-state index contributed by atoms with van der Waals surface area (Å²) < 4.78 is 1.90. The molecule has 0 bridgehead atoms. The molecule has 1 aromatic carbocycles. The molecule has 1 N–H and O–H groups in total. The number of nitrogens with one attached hydrogen (secondary N) is 1.